The summed E-state index contributed by atoms with van der Waals surface area (Å²) in [7, 11) is 0. The van der Waals surface area contributed by atoms with Crippen molar-refractivity contribution >= 4 is 28.7 Å². The molecule has 0 aliphatic heterocycles. The number of carbonyl (C=O) groups is 1. The molecule has 0 radical (unpaired) electrons. The van der Waals surface area contributed by atoms with Crippen molar-refractivity contribution in [1.29, 1.82) is 0 Å². The lowest BCUT2D eigenvalue weighted by Crippen LogP contribution is -2.27. The first-order valence-corrected chi connectivity index (χ1v) is 10.3. The average molecular weight is 426 g/mol. The smallest absolute Gasteiger partial charge is 0.278 e. The highest BCUT2D eigenvalue weighted by Crippen LogP contribution is 2.19. The Bertz CT molecular complexity index is 1250. The van der Waals surface area contributed by atoms with Gasteiger partial charge in [0.15, 0.2) is 5.16 Å². The molecule has 3 heterocycles. The number of thioether (sulfide) groups is 1. The van der Waals surface area contributed by atoms with Gasteiger partial charge in [-0.2, -0.15) is 0 Å². The molecule has 1 amide bonds. The van der Waals surface area contributed by atoms with Gasteiger partial charge in [-0.3, -0.25) is 14.2 Å². The maximum Gasteiger partial charge on any atom is 0.278 e. The third-order valence-corrected chi connectivity index (χ3v) is 5.47. The van der Waals surface area contributed by atoms with Crippen LogP contribution in [-0.4, -0.2) is 26.2 Å². The minimum absolute atomic E-state index is 0.0357. The average Bonchev–Trinajstić information content (AvgIpc) is 3.37. The molecule has 0 spiro atoms. The second-order valence-corrected chi connectivity index (χ2v) is 7.68. The number of halogens is 1. The zero-order valence-electron chi connectivity index (χ0n) is 16.1. The second kappa shape index (κ2) is 8.58. The monoisotopic (exact) mass is 426 g/mol. The summed E-state index contributed by atoms with van der Waals surface area (Å²) in [5, 5.41) is 3.10. The van der Waals surface area contributed by atoms with E-state index in [2.05, 4.69) is 15.3 Å². The Balaban J connectivity index is 1.53. The largest absolute Gasteiger partial charge is 0.467 e. The van der Waals surface area contributed by atoms with Crippen molar-refractivity contribution in [3.8, 4) is 0 Å². The number of H-pyrrole nitrogens is 1. The van der Waals surface area contributed by atoms with Gasteiger partial charge in [-0.15, -0.1) is 0 Å². The van der Waals surface area contributed by atoms with Crippen LogP contribution in [0.4, 0.5) is 4.39 Å². The molecule has 0 saturated heterocycles. The number of rotatable bonds is 7. The van der Waals surface area contributed by atoms with E-state index in [0.717, 1.165) is 17.5 Å². The van der Waals surface area contributed by atoms with Crippen LogP contribution in [-0.2, 0) is 17.9 Å². The summed E-state index contributed by atoms with van der Waals surface area (Å²) < 4.78 is 20.5. The molecule has 0 atom stereocenters. The Morgan fingerprint density at radius 3 is 2.90 bits per heavy atom. The number of nitrogens with zero attached hydrogens (tertiary/aromatic N) is 2. The van der Waals surface area contributed by atoms with Crippen molar-refractivity contribution in [2.24, 2.45) is 0 Å². The fourth-order valence-electron chi connectivity index (χ4n) is 3.04. The predicted octanol–water partition coefficient (Wildman–Crippen LogP) is 3.22. The molecule has 4 rings (SSSR count). The normalized spacial score (nSPS) is 11.1. The molecule has 4 aromatic rings. The minimum Gasteiger partial charge on any atom is -0.467 e. The van der Waals surface area contributed by atoms with E-state index in [9.17, 15) is 14.0 Å². The standard InChI is InChI=1S/C21H19FN4O3S/c1-13-9-17-19(24-13)20(28)26(11-15-6-4-8-29-15)21(25-17)30-12-18(27)23-10-14-5-2-3-7-16(14)22/h2-9,24H,10-12H2,1H3,(H,23,27). The molecular formula is C21H19FN4O3S. The number of aromatic amines is 1. The Morgan fingerprint density at radius 1 is 1.30 bits per heavy atom. The second-order valence-electron chi connectivity index (χ2n) is 6.73. The lowest BCUT2D eigenvalue weighted by atomic mass is 10.2. The van der Waals surface area contributed by atoms with E-state index in [1.165, 1.54) is 16.9 Å². The molecule has 9 heteroatoms. The van der Waals surface area contributed by atoms with Crippen LogP contribution >= 0.6 is 11.8 Å². The maximum absolute atomic E-state index is 13.7. The van der Waals surface area contributed by atoms with E-state index in [-0.39, 0.29) is 36.1 Å². The van der Waals surface area contributed by atoms with Gasteiger partial charge in [0.1, 0.15) is 17.1 Å². The molecule has 30 heavy (non-hydrogen) atoms. The fourth-order valence-corrected chi connectivity index (χ4v) is 3.86. The van der Waals surface area contributed by atoms with Gasteiger partial charge in [0.2, 0.25) is 5.91 Å². The Kier molecular flexibility index (Phi) is 5.71. The highest BCUT2D eigenvalue weighted by Gasteiger charge is 2.16. The van der Waals surface area contributed by atoms with Crippen LogP contribution in [0.1, 0.15) is 17.0 Å². The van der Waals surface area contributed by atoms with Crippen molar-refractivity contribution in [3.05, 3.63) is 81.9 Å². The zero-order valence-corrected chi connectivity index (χ0v) is 17.0. The van der Waals surface area contributed by atoms with Crippen molar-refractivity contribution in [2.45, 2.75) is 25.2 Å². The van der Waals surface area contributed by atoms with E-state index in [4.69, 9.17) is 4.42 Å². The zero-order chi connectivity index (χ0) is 21.1. The number of aryl methyl sites for hydroxylation is 1. The summed E-state index contributed by atoms with van der Waals surface area (Å²) in [5.41, 5.74) is 1.95. The van der Waals surface area contributed by atoms with Gasteiger partial charge >= 0.3 is 0 Å². The van der Waals surface area contributed by atoms with Gasteiger partial charge < -0.3 is 14.7 Å². The summed E-state index contributed by atoms with van der Waals surface area (Å²) in [6, 6.07) is 11.6. The molecule has 3 aromatic heterocycles. The number of hydrogen-bond acceptors (Lipinski definition) is 5. The summed E-state index contributed by atoms with van der Waals surface area (Å²) in [4.78, 5) is 32.9. The highest BCUT2D eigenvalue weighted by molar-refractivity contribution is 7.99. The number of amides is 1. The van der Waals surface area contributed by atoms with Crippen molar-refractivity contribution < 1.29 is 13.6 Å². The van der Waals surface area contributed by atoms with Gasteiger partial charge in [0.05, 0.1) is 24.1 Å². The lowest BCUT2D eigenvalue weighted by molar-refractivity contribution is -0.118. The summed E-state index contributed by atoms with van der Waals surface area (Å²) in [5.74, 6) is -0.0130. The summed E-state index contributed by atoms with van der Waals surface area (Å²) >= 11 is 1.15. The predicted molar refractivity (Wildman–Crippen MR) is 112 cm³/mol. The minimum atomic E-state index is -0.368. The number of furan rings is 1. The number of benzene rings is 1. The summed E-state index contributed by atoms with van der Waals surface area (Å²) in [6.07, 6.45) is 1.54. The molecular weight excluding hydrogens is 407 g/mol. The molecule has 2 N–H and O–H groups in total. The third-order valence-electron chi connectivity index (χ3n) is 4.50. The maximum atomic E-state index is 13.7. The van der Waals surface area contributed by atoms with E-state index in [1.54, 1.807) is 36.4 Å². The van der Waals surface area contributed by atoms with Gasteiger partial charge in [-0.05, 0) is 31.2 Å². The molecule has 0 aliphatic rings. The van der Waals surface area contributed by atoms with Gasteiger partial charge in [-0.25, -0.2) is 9.37 Å². The number of carbonyl (C=O) groups excluding carboxylic acids is 1. The van der Waals surface area contributed by atoms with Crippen LogP contribution in [0.5, 0.6) is 0 Å². The van der Waals surface area contributed by atoms with Crippen LogP contribution in [0, 0.1) is 12.7 Å². The molecule has 0 saturated carbocycles. The first-order valence-electron chi connectivity index (χ1n) is 9.26. The van der Waals surface area contributed by atoms with Crippen molar-refractivity contribution in [3.63, 3.8) is 0 Å². The van der Waals surface area contributed by atoms with Gasteiger partial charge in [-0.1, -0.05) is 30.0 Å². The number of hydrogen-bond donors (Lipinski definition) is 2. The molecule has 154 valence electrons. The van der Waals surface area contributed by atoms with Crippen LogP contribution in [0.15, 0.2) is 63.1 Å². The molecule has 1 aromatic carbocycles. The molecule has 0 fully saturated rings. The van der Waals surface area contributed by atoms with Crippen LogP contribution < -0.4 is 10.9 Å². The Labute approximate surface area is 175 Å². The molecule has 0 aliphatic carbocycles. The topological polar surface area (TPSA) is 92.9 Å². The summed E-state index contributed by atoms with van der Waals surface area (Å²) in [6.45, 7) is 2.14. The first kappa shape index (κ1) is 20.0. The van der Waals surface area contributed by atoms with Crippen molar-refractivity contribution in [1.82, 2.24) is 19.9 Å². The van der Waals surface area contributed by atoms with Crippen LogP contribution in [0.3, 0.4) is 0 Å². The fraction of sp³-hybridized carbons (Fsp3) is 0.190. The third kappa shape index (κ3) is 4.30. The van der Waals surface area contributed by atoms with Gasteiger partial charge in [0, 0.05) is 17.8 Å². The highest BCUT2D eigenvalue weighted by atomic mass is 32.2. The first-order chi connectivity index (χ1) is 14.5. The number of nitrogens with one attached hydrogen (secondary N) is 2. The van der Waals surface area contributed by atoms with E-state index in [0.29, 0.717) is 27.5 Å². The van der Waals surface area contributed by atoms with E-state index < -0.39 is 0 Å². The molecule has 0 unspecified atom stereocenters. The quantitative estimate of drug-likeness (QED) is 0.350. The molecule has 7 nitrogen and oxygen atoms in total. The van der Waals surface area contributed by atoms with Crippen LogP contribution in [0.25, 0.3) is 11.0 Å². The number of fused-ring (bicyclic) bond motifs is 1. The Hall–Kier alpha value is -3.33. The Morgan fingerprint density at radius 2 is 2.13 bits per heavy atom. The van der Waals surface area contributed by atoms with E-state index in [1.807, 2.05) is 6.92 Å². The van der Waals surface area contributed by atoms with Crippen LogP contribution in [0.2, 0.25) is 0 Å². The number of aromatic nitrogens is 3. The lowest BCUT2D eigenvalue weighted by Gasteiger charge is -2.11. The SMILES string of the molecule is Cc1cc2nc(SCC(=O)NCc3ccccc3F)n(Cc3ccco3)c(=O)c2[nH]1. The van der Waals surface area contributed by atoms with E-state index >= 15 is 0 Å². The van der Waals surface area contributed by atoms with Gasteiger partial charge in [0.25, 0.3) is 5.56 Å². The van der Waals surface area contributed by atoms with Crippen molar-refractivity contribution in [2.75, 3.05) is 5.75 Å². The molecule has 0 bridgehead atoms.